The van der Waals surface area contributed by atoms with Crippen LogP contribution in [0.5, 0.6) is 0 Å². The Balaban J connectivity index is 1.23. The monoisotopic (exact) mass is 478 g/mol. The minimum Gasteiger partial charge on any atom is -0.479 e. The Hall–Kier alpha value is -3.39. The Morgan fingerprint density at radius 2 is 1.63 bits per heavy atom. The highest BCUT2D eigenvalue weighted by Crippen LogP contribution is 2.44. The van der Waals surface area contributed by atoms with Crippen LogP contribution in [0, 0.1) is 5.92 Å². The van der Waals surface area contributed by atoms with Crippen molar-refractivity contribution in [2.24, 2.45) is 5.92 Å². The fraction of sp³-hybridized carbons (Fsp3) is 0.444. The van der Waals surface area contributed by atoms with E-state index in [-0.39, 0.29) is 31.6 Å². The third kappa shape index (κ3) is 4.05. The van der Waals surface area contributed by atoms with Crippen molar-refractivity contribution in [3.63, 3.8) is 0 Å². The minimum atomic E-state index is -1.19. The average molecular weight is 479 g/mol. The summed E-state index contributed by atoms with van der Waals surface area (Å²) in [6.45, 7) is 0.482. The summed E-state index contributed by atoms with van der Waals surface area (Å²) in [6.07, 6.45) is 1.79. The van der Waals surface area contributed by atoms with E-state index in [4.69, 9.17) is 9.47 Å². The van der Waals surface area contributed by atoms with E-state index in [1.165, 1.54) is 4.90 Å². The predicted molar refractivity (Wildman–Crippen MR) is 128 cm³/mol. The summed E-state index contributed by atoms with van der Waals surface area (Å²) < 4.78 is 11.1. The highest BCUT2D eigenvalue weighted by atomic mass is 16.5. The minimum absolute atomic E-state index is 0.0608. The van der Waals surface area contributed by atoms with Crippen molar-refractivity contribution in [3.8, 4) is 11.1 Å². The van der Waals surface area contributed by atoms with Gasteiger partial charge in [-0.2, -0.15) is 0 Å². The highest BCUT2D eigenvalue weighted by Gasteiger charge is 2.50. The molecule has 2 fully saturated rings. The Kier molecular flexibility index (Phi) is 6.23. The summed E-state index contributed by atoms with van der Waals surface area (Å²) in [7, 11) is 1.55. The summed E-state index contributed by atoms with van der Waals surface area (Å²) in [5.41, 5.74) is 3.35. The van der Waals surface area contributed by atoms with Gasteiger partial charge < -0.3 is 24.8 Å². The van der Waals surface area contributed by atoms with Crippen LogP contribution in [-0.2, 0) is 19.1 Å². The van der Waals surface area contributed by atoms with Gasteiger partial charge in [-0.1, -0.05) is 61.4 Å². The fourth-order valence-corrected chi connectivity index (χ4v) is 5.84. The predicted octanol–water partition coefficient (Wildman–Crippen LogP) is 3.40. The van der Waals surface area contributed by atoms with Gasteiger partial charge in [0.1, 0.15) is 12.1 Å². The van der Waals surface area contributed by atoms with Crippen LogP contribution in [0.4, 0.5) is 4.79 Å². The van der Waals surface area contributed by atoms with Crippen LogP contribution in [0.1, 0.15) is 42.7 Å². The molecule has 2 atom stereocenters. The molecule has 1 aliphatic heterocycles. The molecule has 1 saturated heterocycles. The van der Waals surface area contributed by atoms with Crippen LogP contribution >= 0.6 is 0 Å². The zero-order chi connectivity index (χ0) is 24.6. The molecule has 2 aliphatic carbocycles. The number of alkyl carbamates (subject to hydrolysis) is 1. The zero-order valence-electron chi connectivity index (χ0n) is 19.7. The van der Waals surface area contributed by atoms with Gasteiger partial charge in [0.2, 0.25) is 5.91 Å². The Bertz CT molecular complexity index is 1100. The summed E-state index contributed by atoms with van der Waals surface area (Å²) in [6, 6.07) is 15.6. The van der Waals surface area contributed by atoms with Gasteiger partial charge in [-0.05, 0) is 35.1 Å². The second-order valence-corrected chi connectivity index (χ2v) is 9.66. The number of amides is 2. The molecule has 0 radical (unpaired) electrons. The molecule has 2 N–H and O–H groups in total. The quantitative estimate of drug-likeness (QED) is 0.659. The molecule has 8 heteroatoms. The first-order valence-electron chi connectivity index (χ1n) is 12.1. The molecule has 2 aromatic rings. The molecule has 0 spiro atoms. The summed E-state index contributed by atoms with van der Waals surface area (Å²) in [5, 5.41) is 12.6. The number of carbonyl (C=O) groups is 3. The molecule has 0 bridgehead atoms. The van der Waals surface area contributed by atoms with Crippen molar-refractivity contribution in [1.29, 1.82) is 0 Å². The van der Waals surface area contributed by atoms with Crippen LogP contribution in [0.15, 0.2) is 48.5 Å². The van der Waals surface area contributed by atoms with E-state index < -0.39 is 29.6 Å². The van der Waals surface area contributed by atoms with E-state index in [2.05, 4.69) is 29.6 Å². The molecule has 0 aromatic heterocycles. The van der Waals surface area contributed by atoms with Crippen LogP contribution in [0.25, 0.3) is 11.1 Å². The fourth-order valence-electron chi connectivity index (χ4n) is 5.84. The molecular weight excluding hydrogens is 448 g/mol. The number of carboxylic acids is 1. The van der Waals surface area contributed by atoms with Crippen LogP contribution < -0.4 is 5.32 Å². The highest BCUT2D eigenvalue weighted by molar-refractivity contribution is 5.89. The van der Waals surface area contributed by atoms with Gasteiger partial charge in [0, 0.05) is 13.0 Å². The number of fused-ring (bicyclic) bond motifs is 3. The maximum absolute atomic E-state index is 13.3. The van der Waals surface area contributed by atoms with E-state index in [0.717, 1.165) is 35.1 Å². The summed E-state index contributed by atoms with van der Waals surface area (Å²) >= 11 is 0. The van der Waals surface area contributed by atoms with Crippen LogP contribution in [0.3, 0.4) is 0 Å². The Morgan fingerprint density at radius 3 is 2.23 bits per heavy atom. The van der Waals surface area contributed by atoms with Gasteiger partial charge in [-0.3, -0.25) is 4.79 Å². The van der Waals surface area contributed by atoms with Gasteiger partial charge in [0.05, 0.1) is 25.2 Å². The number of carboxylic acid groups (broad SMARTS) is 1. The number of nitrogens with zero attached hydrogens (tertiary/aromatic N) is 1. The van der Waals surface area contributed by atoms with Gasteiger partial charge >= 0.3 is 12.1 Å². The third-order valence-corrected chi connectivity index (χ3v) is 7.85. The lowest BCUT2D eigenvalue weighted by molar-refractivity contribution is -0.159. The third-order valence-electron chi connectivity index (χ3n) is 7.85. The molecule has 35 heavy (non-hydrogen) atoms. The molecular formula is C27H30N2O6. The Morgan fingerprint density at radius 1 is 1.03 bits per heavy atom. The molecule has 184 valence electrons. The first-order chi connectivity index (χ1) is 16.9. The van der Waals surface area contributed by atoms with Gasteiger partial charge in [0.15, 0.2) is 0 Å². The SMILES string of the molecule is CN(C(=O)C1COCC1NC(=O)OCC1c2ccccc2-c2ccccc21)C1(C(=O)O)CCCC1. The number of hydrogen-bond donors (Lipinski definition) is 2. The lowest BCUT2D eigenvalue weighted by Gasteiger charge is -2.37. The smallest absolute Gasteiger partial charge is 0.407 e. The number of carbonyl (C=O) groups excluding carboxylic acids is 2. The number of nitrogens with one attached hydrogen (secondary N) is 1. The summed E-state index contributed by atoms with van der Waals surface area (Å²) in [5.74, 6) is -2.02. The average Bonchev–Trinajstić information content (AvgIpc) is 3.60. The van der Waals surface area contributed by atoms with Crippen LogP contribution in [0.2, 0.25) is 0 Å². The zero-order valence-corrected chi connectivity index (χ0v) is 19.7. The second kappa shape index (κ2) is 9.34. The molecule has 2 amide bonds. The second-order valence-electron chi connectivity index (χ2n) is 9.66. The van der Waals surface area contributed by atoms with Gasteiger partial charge in [-0.25, -0.2) is 9.59 Å². The van der Waals surface area contributed by atoms with Crippen LogP contribution in [-0.4, -0.2) is 66.4 Å². The number of aliphatic carboxylic acids is 1. The van der Waals surface area contributed by atoms with Crippen molar-refractivity contribution in [2.75, 3.05) is 26.9 Å². The topological polar surface area (TPSA) is 105 Å². The van der Waals surface area contributed by atoms with E-state index in [1.54, 1.807) is 7.05 Å². The van der Waals surface area contributed by atoms with Crippen molar-refractivity contribution in [2.45, 2.75) is 43.2 Å². The first kappa shape index (κ1) is 23.4. The molecule has 2 aromatic carbocycles. The lowest BCUT2D eigenvalue weighted by Crippen LogP contribution is -2.57. The molecule has 1 heterocycles. The van der Waals surface area contributed by atoms with E-state index in [1.807, 2.05) is 24.3 Å². The van der Waals surface area contributed by atoms with E-state index >= 15 is 0 Å². The molecule has 2 unspecified atom stereocenters. The van der Waals surface area contributed by atoms with Crippen molar-refractivity contribution in [1.82, 2.24) is 10.2 Å². The van der Waals surface area contributed by atoms with Crippen molar-refractivity contribution >= 4 is 18.0 Å². The van der Waals surface area contributed by atoms with Crippen molar-refractivity contribution < 1.29 is 29.0 Å². The Labute approximate surface area is 204 Å². The number of rotatable bonds is 6. The number of ether oxygens (including phenoxy) is 2. The maximum Gasteiger partial charge on any atom is 0.407 e. The molecule has 8 nitrogen and oxygen atoms in total. The van der Waals surface area contributed by atoms with Gasteiger partial charge in [-0.15, -0.1) is 0 Å². The summed E-state index contributed by atoms with van der Waals surface area (Å²) in [4.78, 5) is 39.4. The standard InChI is InChI=1S/C27H30N2O6/c1-29(27(25(31)32)12-6-7-13-27)24(30)22-14-34-16-23(22)28-26(33)35-15-21-19-10-4-2-8-17(19)18-9-3-5-11-20(18)21/h2-5,8-11,21-23H,6-7,12-16H2,1H3,(H,28,33)(H,31,32). The molecule has 1 saturated carbocycles. The van der Waals surface area contributed by atoms with E-state index in [9.17, 15) is 19.5 Å². The van der Waals surface area contributed by atoms with E-state index in [0.29, 0.717) is 12.8 Å². The number of likely N-dealkylation sites (N-methyl/N-ethyl adjacent to an activating group) is 1. The number of hydrogen-bond acceptors (Lipinski definition) is 5. The normalized spacial score (nSPS) is 22.3. The largest absolute Gasteiger partial charge is 0.479 e. The van der Waals surface area contributed by atoms with Gasteiger partial charge in [0.25, 0.3) is 0 Å². The molecule has 3 aliphatic rings. The first-order valence-corrected chi connectivity index (χ1v) is 12.1. The number of benzene rings is 2. The van der Waals surface area contributed by atoms with Crippen molar-refractivity contribution in [3.05, 3.63) is 59.7 Å². The molecule has 5 rings (SSSR count). The lowest BCUT2D eigenvalue weighted by atomic mass is 9.92. The maximum atomic E-state index is 13.3.